The molecule has 0 atom stereocenters. The van der Waals surface area contributed by atoms with Gasteiger partial charge in [0, 0.05) is 11.6 Å². The maximum atomic E-state index is 11.5. The Morgan fingerprint density at radius 2 is 1.69 bits per heavy atom. The van der Waals surface area contributed by atoms with Gasteiger partial charge in [0.25, 0.3) is 5.69 Å². The highest BCUT2D eigenvalue weighted by Gasteiger charge is 2.22. The molecule has 6 heteroatoms. The first kappa shape index (κ1) is 18.1. The van der Waals surface area contributed by atoms with Crippen LogP contribution in [0.5, 0.6) is 5.75 Å². The van der Waals surface area contributed by atoms with E-state index in [1.54, 1.807) is 11.0 Å². The summed E-state index contributed by atoms with van der Waals surface area (Å²) in [7, 11) is 0. The summed E-state index contributed by atoms with van der Waals surface area (Å²) < 4.78 is 0. The Kier molecular flexibility index (Phi) is 5.99. The number of rotatable bonds is 6. The molecule has 136 valence electrons. The molecule has 2 aromatic carbocycles. The van der Waals surface area contributed by atoms with Crippen LogP contribution >= 0.6 is 0 Å². The lowest BCUT2D eigenvalue weighted by Crippen LogP contribution is -3.27. The zero-order chi connectivity index (χ0) is 18.4. The highest BCUT2D eigenvalue weighted by Crippen LogP contribution is 2.23. The predicted octanol–water partition coefficient (Wildman–Crippen LogP) is -0.335. The minimum atomic E-state index is -0.595. The summed E-state index contributed by atoms with van der Waals surface area (Å²) in [6.07, 6.45) is 4.39. The van der Waals surface area contributed by atoms with Gasteiger partial charge in [-0.1, -0.05) is 48.5 Å². The van der Waals surface area contributed by atoms with Crippen LogP contribution in [0.4, 0.5) is 5.69 Å². The number of benzene rings is 2. The van der Waals surface area contributed by atoms with Crippen molar-refractivity contribution in [2.75, 3.05) is 32.7 Å². The van der Waals surface area contributed by atoms with Gasteiger partial charge in [-0.3, -0.25) is 10.1 Å². The molecule has 0 aliphatic carbocycles. The molecular formula is C20H24N3O3+. The van der Waals surface area contributed by atoms with Gasteiger partial charge in [0.05, 0.1) is 11.5 Å². The van der Waals surface area contributed by atoms with Gasteiger partial charge in [-0.2, -0.15) is 0 Å². The van der Waals surface area contributed by atoms with E-state index in [2.05, 4.69) is 24.3 Å². The van der Waals surface area contributed by atoms with Crippen molar-refractivity contribution in [3.63, 3.8) is 0 Å². The summed E-state index contributed by atoms with van der Waals surface area (Å²) in [4.78, 5) is 13.3. The minimum absolute atomic E-state index is 0.322. The van der Waals surface area contributed by atoms with Gasteiger partial charge in [-0.05, 0) is 17.4 Å². The molecule has 1 aliphatic rings. The predicted molar refractivity (Wildman–Crippen MR) is 98.0 cm³/mol. The van der Waals surface area contributed by atoms with E-state index in [0.717, 1.165) is 44.8 Å². The Hall–Kier alpha value is -2.70. The van der Waals surface area contributed by atoms with Crippen molar-refractivity contribution in [1.82, 2.24) is 0 Å². The third-order valence-corrected chi connectivity index (χ3v) is 4.85. The number of nitrogens with zero attached hydrogens (tertiary/aromatic N) is 1. The normalized spacial score (nSPS) is 20.3. The van der Waals surface area contributed by atoms with Crippen LogP contribution in [0, 0.1) is 10.1 Å². The molecule has 2 aromatic rings. The number of quaternary nitrogens is 2. The summed E-state index contributed by atoms with van der Waals surface area (Å²) in [5.41, 5.74) is 1.76. The van der Waals surface area contributed by atoms with Crippen molar-refractivity contribution >= 4 is 11.8 Å². The standard InChI is InChI=1S/C20H23N3O3/c24-20-9-8-18(15-19(20)23(25)26)16-22-13-11-21(12-14-22)10-4-7-17-5-2-1-3-6-17/h1-9,15,24H,10-14,16H2/p+1/b7-4+. The average molecular weight is 354 g/mol. The van der Waals surface area contributed by atoms with Crippen molar-refractivity contribution < 1.29 is 19.8 Å². The first-order valence-electron chi connectivity index (χ1n) is 8.95. The molecule has 3 rings (SSSR count). The van der Waals surface area contributed by atoms with Crippen LogP contribution in [-0.2, 0) is 6.54 Å². The van der Waals surface area contributed by atoms with E-state index in [1.165, 1.54) is 22.6 Å². The van der Waals surface area contributed by atoms with Crippen LogP contribution in [-0.4, -0.2) is 37.6 Å². The van der Waals surface area contributed by atoms with Gasteiger partial charge in [-0.15, -0.1) is 0 Å². The third kappa shape index (κ3) is 4.91. The van der Waals surface area contributed by atoms with E-state index in [4.69, 9.17) is 0 Å². The number of hydrogen-bond acceptors (Lipinski definition) is 3. The van der Waals surface area contributed by atoms with E-state index in [0.29, 0.717) is 0 Å². The van der Waals surface area contributed by atoms with E-state index in [9.17, 15) is 15.2 Å². The monoisotopic (exact) mass is 354 g/mol. The molecule has 1 heterocycles. The third-order valence-electron chi connectivity index (χ3n) is 4.85. The molecule has 26 heavy (non-hydrogen) atoms. The molecule has 0 unspecified atom stereocenters. The van der Waals surface area contributed by atoms with Crippen LogP contribution in [0.25, 0.3) is 6.08 Å². The van der Waals surface area contributed by atoms with Crippen LogP contribution in [0.1, 0.15) is 11.1 Å². The molecule has 6 nitrogen and oxygen atoms in total. The maximum Gasteiger partial charge on any atom is 0.262 e. The number of nitrogens with one attached hydrogen (secondary N) is 2. The van der Waals surface area contributed by atoms with E-state index >= 15 is 0 Å². The van der Waals surface area contributed by atoms with Crippen molar-refractivity contribution in [2.24, 2.45) is 0 Å². The van der Waals surface area contributed by atoms with Gasteiger partial charge in [-0.25, -0.2) is 0 Å². The zero-order valence-corrected chi connectivity index (χ0v) is 14.7. The minimum Gasteiger partial charge on any atom is -0.868 e. The largest absolute Gasteiger partial charge is 0.868 e. The first-order chi connectivity index (χ1) is 12.6. The molecule has 0 radical (unpaired) electrons. The summed E-state index contributed by atoms with van der Waals surface area (Å²) >= 11 is 0. The number of piperazine rings is 1. The Balaban J connectivity index is 1.47. The van der Waals surface area contributed by atoms with Gasteiger partial charge >= 0.3 is 0 Å². The lowest BCUT2D eigenvalue weighted by molar-refractivity contribution is -1.02. The quantitative estimate of drug-likeness (QED) is 0.551. The number of nitro groups is 1. The SMILES string of the molecule is O=[N+]([O-])c1cc(C[NH+]2CC[NH+](C/C=C/c3ccccc3)CC2)ccc1[O-]. The second kappa shape index (κ2) is 8.60. The fraction of sp³-hybridized carbons (Fsp3) is 0.300. The average Bonchev–Trinajstić information content (AvgIpc) is 2.65. The molecule has 0 amide bonds. The van der Waals surface area contributed by atoms with Crippen molar-refractivity contribution in [2.45, 2.75) is 6.54 Å². The molecule has 1 aliphatic heterocycles. The highest BCUT2D eigenvalue weighted by molar-refractivity contribution is 5.48. The zero-order valence-electron chi connectivity index (χ0n) is 14.7. The summed E-state index contributed by atoms with van der Waals surface area (Å²) in [6.45, 7) is 5.96. The molecule has 1 saturated heterocycles. The van der Waals surface area contributed by atoms with Crippen molar-refractivity contribution in [3.8, 4) is 5.75 Å². The van der Waals surface area contributed by atoms with Crippen molar-refractivity contribution in [1.29, 1.82) is 0 Å². The van der Waals surface area contributed by atoms with Crippen LogP contribution in [0.3, 0.4) is 0 Å². The topological polar surface area (TPSA) is 75.1 Å². The smallest absolute Gasteiger partial charge is 0.262 e. The van der Waals surface area contributed by atoms with E-state index in [1.807, 2.05) is 18.2 Å². The molecular weight excluding hydrogens is 330 g/mol. The van der Waals surface area contributed by atoms with Gasteiger partial charge in [0.1, 0.15) is 32.7 Å². The second-order valence-electron chi connectivity index (χ2n) is 6.75. The Bertz CT molecular complexity index is 769. The molecule has 2 N–H and O–H groups in total. The van der Waals surface area contributed by atoms with Crippen molar-refractivity contribution in [3.05, 3.63) is 75.8 Å². The fourth-order valence-electron chi connectivity index (χ4n) is 3.37. The molecule has 0 aromatic heterocycles. The maximum absolute atomic E-state index is 11.5. The summed E-state index contributed by atoms with van der Waals surface area (Å²) in [6, 6.07) is 14.7. The lowest BCUT2D eigenvalue weighted by atomic mass is 10.1. The van der Waals surface area contributed by atoms with E-state index in [-0.39, 0.29) is 5.69 Å². The Morgan fingerprint density at radius 1 is 1.00 bits per heavy atom. The molecule has 0 saturated carbocycles. The highest BCUT2D eigenvalue weighted by atomic mass is 16.6. The number of hydrogen-bond donors (Lipinski definition) is 2. The van der Waals surface area contributed by atoms with Crippen LogP contribution in [0.15, 0.2) is 54.6 Å². The molecule has 1 fully saturated rings. The lowest BCUT2D eigenvalue weighted by Gasteiger charge is -2.29. The van der Waals surface area contributed by atoms with E-state index < -0.39 is 10.7 Å². The summed E-state index contributed by atoms with van der Waals surface area (Å²) in [5.74, 6) is -0.520. The summed E-state index contributed by atoms with van der Waals surface area (Å²) in [5, 5.41) is 22.4. The van der Waals surface area contributed by atoms with Gasteiger partial charge in [0.15, 0.2) is 0 Å². The molecule has 0 spiro atoms. The second-order valence-corrected chi connectivity index (χ2v) is 6.75. The first-order valence-corrected chi connectivity index (χ1v) is 8.95. The van der Waals surface area contributed by atoms with Crippen LogP contribution in [0.2, 0.25) is 0 Å². The Labute approximate surface area is 153 Å². The fourth-order valence-corrected chi connectivity index (χ4v) is 3.37. The van der Waals surface area contributed by atoms with Crippen LogP contribution < -0.4 is 14.9 Å². The number of nitro benzene ring substituents is 1. The Morgan fingerprint density at radius 3 is 2.38 bits per heavy atom. The molecule has 0 bridgehead atoms. The van der Waals surface area contributed by atoms with Gasteiger partial charge in [0.2, 0.25) is 0 Å². The van der Waals surface area contributed by atoms with Gasteiger partial charge < -0.3 is 14.9 Å².